The number of hydrogen-bond acceptors (Lipinski definition) is 8. The summed E-state index contributed by atoms with van der Waals surface area (Å²) in [6.07, 6.45) is 3.19. The fourth-order valence-corrected chi connectivity index (χ4v) is 4.41. The third kappa shape index (κ3) is 5.83. The fraction of sp³-hybridized carbons (Fsp3) is 0.423. The molecule has 0 unspecified atom stereocenters. The van der Waals surface area contributed by atoms with E-state index in [0.717, 1.165) is 12.8 Å². The number of ether oxygens (including phenoxy) is 2. The number of benzene rings is 2. The molecule has 1 atom stereocenters. The number of methoxy groups -OCH3 is 1. The number of carbonyl (C=O) groups excluding carboxylic acids is 1. The number of anilines is 2. The van der Waals surface area contributed by atoms with Crippen LogP contribution in [-0.2, 0) is 4.79 Å². The lowest BCUT2D eigenvalue weighted by atomic mass is 10.1. The highest BCUT2D eigenvalue weighted by Gasteiger charge is 2.30. The Kier molecular flexibility index (Phi) is 8.17. The number of fused-ring (bicyclic) bond motifs is 1. The van der Waals surface area contributed by atoms with Gasteiger partial charge in [0.2, 0.25) is 5.91 Å². The maximum absolute atomic E-state index is 13.8. The Labute approximate surface area is 209 Å². The van der Waals surface area contributed by atoms with Gasteiger partial charge in [-0.1, -0.05) is 0 Å². The summed E-state index contributed by atoms with van der Waals surface area (Å²) in [4.78, 5) is 25.3. The molecule has 1 amide bonds. The number of aromatic nitrogens is 2. The van der Waals surface area contributed by atoms with Gasteiger partial charge >= 0.3 is 0 Å². The average Bonchev–Trinajstić information content (AvgIpc) is 3.33. The molecule has 9 nitrogen and oxygen atoms in total. The summed E-state index contributed by atoms with van der Waals surface area (Å²) in [6, 6.07) is 8.28. The van der Waals surface area contributed by atoms with Crippen LogP contribution in [0.5, 0.6) is 11.5 Å². The third-order valence-electron chi connectivity index (χ3n) is 6.35. The zero-order valence-electron chi connectivity index (χ0n) is 20.8. The number of aryl methyl sites for hydroxylation is 1. The summed E-state index contributed by atoms with van der Waals surface area (Å²) < 4.78 is 25.5. The summed E-state index contributed by atoms with van der Waals surface area (Å²) in [5.41, 5.74) is 1.84. The fourth-order valence-electron chi connectivity index (χ4n) is 4.41. The van der Waals surface area contributed by atoms with E-state index in [-0.39, 0.29) is 30.9 Å². The Morgan fingerprint density at radius 1 is 1.31 bits per heavy atom. The molecule has 0 radical (unpaired) electrons. The van der Waals surface area contributed by atoms with E-state index in [1.165, 1.54) is 12.4 Å². The van der Waals surface area contributed by atoms with E-state index in [9.17, 15) is 9.18 Å². The van der Waals surface area contributed by atoms with Crippen molar-refractivity contribution in [3.05, 3.63) is 48.0 Å². The average molecular weight is 498 g/mol. The SMILES string of the molecule is COc1cc(OC[C@@H]2CCCN2C(=O)CN(C)CCO)c2c(Nc3ccc(F)c(C)c3)ncnc2c1. The smallest absolute Gasteiger partial charge is 0.237 e. The minimum atomic E-state index is -0.278. The number of carbonyl (C=O) groups is 1. The van der Waals surface area contributed by atoms with Crippen LogP contribution in [0, 0.1) is 12.7 Å². The van der Waals surface area contributed by atoms with Crippen molar-refractivity contribution in [1.82, 2.24) is 19.8 Å². The molecule has 2 N–H and O–H groups in total. The van der Waals surface area contributed by atoms with E-state index >= 15 is 0 Å². The second kappa shape index (κ2) is 11.5. The first kappa shape index (κ1) is 25.6. The summed E-state index contributed by atoms with van der Waals surface area (Å²) >= 11 is 0. The van der Waals surface area contributed by atoms with Crippen LogP contribution in [0.1, 0.15) is 18.4 Å². The quantitative estimate of drug-likeness (QED) is 0.441. The predicted molar refractivity (Wildman–Crippen MR) is 135 cm³/mol. The Hall–Kier alpha value is -3.50. The molecule has 1 aromatic heterocycles. The van der Waals surface area contributed by atoms with Crippen molar-refractivity contribution in [2.24, 2.45) is 0 Å². The van der Waals surface area contributed by atoms with E-state index < -0.39 is 0 Å². The third-order valence-corrected chi connectivity index (χ3v) is 6.35. The van der Waals surface area contributed by atoms with Gasteiger partial charge in [-0.3, -0.25) is 9.69 Å². The van der Waals surface area contributed by atoms with Crippen LogP contribution in [0.25, 0.3) is 10.9 Å². The molecule has 0 aliphatic carbocycles. The predicted octanol–water partition coefficient (Wildman–Crippen LogP) is 3.12. The molecule has 0 bridgehead atoms. The van der Waals surface area contributed by atoms with Gasteiger partial charge in [-0.2, -0.15) is 0 Å². The minimum Gasteiger partial charge on any atom is -0.497 e. The van der Waals surface area contributed by atoms with E-state index in [2.05, 4.69) is 15.3 Å². The molecule has 10 heteroatoms. The molecule has 36 heavy (non-hydrogen) atoms. The van der Waals surface area contributed by atoms with Crippen LogP contribution >= 0.6 is 0 Å². The Bertz CT molecular complexity index is 1220. The number of aliphatic hydroxyl groups is 1. The lowest BCUT2D eigenvalue weighted by Crippen LogP contribution is -2.44. The maximum Gasteiger partial charge on any atom is 0.237 e. The van der Waals surface area contributed by atoms with E-state index in [1.807, 2.05) is 11.9 Å². The van der Waals surface area contributed by atoms with Crippen molar-refractivity contribution in [3.63, 3.8) is 0 Å². The number of likely N-dealkylation sites (tertiary alicyclic amines) is 1. The van der Waals surface area contributed by atoms with Crippen LogP contribution < -0.4 is 14.8 Å². The number of rotatable bonds is 10. The molecule has 2 heterocycles. The molecule has 2 aromatic carbocycles. The van der Waals surface area contributed by atoms with Gasteiger partial charge in [0.05, 0.1) is 37.2 Å². The monoisotopic (exact) mass is 497 g/mol. The van der Waals surface area contributed by atoms with Gasteiger partial charge in [0, 0.05) is 30.9 Å². The maximum atomic E-state index is 13.8. The number of halogens is 1. The van der Waals surface area contributed by atoms with Crippen molar-refractivity contribution in [1.29, 1.82) is 0 Å². The van der Waals surface area contributed by atoms with Crippen molar-refractivity contribution < 1.29 is 23.8 Å². The molecule has 0 spiro atoms. The second-order valence-corrected chi connectivity index (χ2v) is 8.99. The second-order valence-electron chi connectivity index (χ2n) is 8.99. The largest absolute Gasteiger partial charge is 0.497 e. The molecule has 1 aliphatic heterocycles. The number of nitrogens with one attached hydrogen (secondary N) is 1. The number of aliphatic hydroxyl groups excluding tert-OH is 1. The Morgan fingerprint density at radius 2 is 2.14 bits per heavy atom. The molecular formula is C26H32FN5O4. The molecule has 1 fully saturated rings. The number of nitrogens with zero attached hydrogens (tertiary/aromatic N) is 4. The highest BCUT2D eigenvalue weighted by Crippen LogP contribution is 2.36. The Balaban J connectivity index is 1.58. The standard InChI is InChI=1S/C26H32FN5O4/c1-17-11-18(6-7-21(17)27)30-26-25-22(28-16-29-26)12-20(35-3)13-23(25)36-15-19-5-4-8-32(19)24(34)14-31(2)9-10-33/h6-7,11-13,16,19,33H,4-5,8-10,14-15H2,1-3H3,(H,28,29,30)/t19-/m0/s1. The van der Waals surface area contributed by atoms with Gasteiger partial charge in [0.25, 0.3) is 0 Å². The topological polar surface area (TPSA) is 100 Å². The van der Waals surface area contributed by atoms with Crippen LogP contribution in [-0.4, -0.2) is 83.8 Å². The zero-order valence-corrected chi connectivity index (χ0v) is 20.8. The molecule has 4 rings (SSSR count). The van der Waals surface area contributed by atoms with Gasteiger partial charge in [0.1, 0.15) is 36.1 Å². The molecule has 0 saturated carbocycles. The zero-order chi connectivity index (χ0) is 25.7. The first-order valence-electron chi connectivity index (χ1n) is 12.0. The first-order chi connectivity index (χ1) is 17.4. The summed E-state index contributed by atoms with van der Waals surface area (Å²) in [5.74, 6) is 1.38. The van der Waals surface area contributed by atoms with Crippen LogP contribution in [0.3, 0.4) is 0 Å². The molecular weight excluding hydrogens is 465 g/mol. The lowest BCUT2D eigenvalue weighted by Gasteiger charge is -2.27. The van der Waals surface area contributed by atoms with Crippen molar-refractivity contribution >= 4 is 28.3 Å². The normalized spacial score (nSPS) is 15.5. The summed E-state index contributed by atoms with van der Waals surface area (Å²) in [6.45, 7) is 3.39. The van der Waals surface area contributed by atoms with E-state index in [4.69, 9.17) is 14.6 Å². The number of hydrogen-bond donors (Lipinski definition) is 2. The van der Waals surface area contributed by atoms with Gasteiger partial charge in [0.15, 0.2) is 0 Å². The number of likely N-dealkylation sites (N-methyl/N-ethyl adjacent to an activating group) is 1. The molecule has 3 aromatic rings. The van der Waals surface area contributed by atoms with Gasteiger partial charge in [-0.25, -0.2) is 14.4 Å². The van der Waals surface area contributed by atoms with E-state index in [0.29, 0.717) is 59.2 Å². The van der Waals surface area contributed by atoms with Gasteiger partial charge in [-0.05, 0) is 50.6 Å². The van der Waals surface area contributed by atoms with Crippen LogP contribution in [0.2, 0.25) is 0 Å². The molecule has 192 valence electrons. The van der Waals surface area contributed by atoms with Gasteiger partial charge in [-0.15, -0.1) is 0 Å². The molecule has 1 aliphatic rings. The number of amides is 1. The minimum absolute atomic E-state index is 0.00909. The first-order valence-corrected chi connectivity index (χ1v) is 12.0. The van der Waals surface area contributed by atoms with Crippen LogP contribution in [0.4, 0.5) is 15.9 Å². The lowest BCUT2D eigenvalue weighted by molar-refractivity contribution is -0.133. The van der Waals surface area contributed by atoms with Crippen molar-refractivity contribution in [3.8, 4) is 11.5 Å². The summed E-state index contributed by atoms with van der Waals surface area (Å²) in [7, 11) is 3.39. The van der Waals surface area contributed by atoms with E-state index in [1.54, 1.807) is 43.2 Å². The van der Waals surface area contributed by atoms with Crippen LogP contribution in [0.15, 0.2) is 36.7 Å². The van der Waals surface area contributed by atoms with Crippen molar-refractivity contribution in [2.75, 3.05) is 52.3 Å². The van der Waals surface area contributed by atoms with Crippen molar-refractivity contribution in [2.45, 2.75) is 25.8 Å². The van der Waals surface area contributed by atoms with Gasteiger partial charge < -0.3 is 24.8 Å². The highest BCUT2D eigenvalue weighted by molar-refractivity contribution is 5.96. The Morgan fingerprint density at radius 3 is 2.89 bits per heavy atom. The highest BCUT2D eigenvalue weighted by atomic mass is 19.1. The molecule has 1 saturated heterocycles. The summed E-state index contributed by atoms with van der Waals surface area (Å²) in [5, 5.41) is 13.0.